The van der Waals surface area contributed by atoms with Crippen molar-refractivity contribution in [1.29, 1.82) is 0 Å². The van der Waals surface area contributed by atoms with Gasteiger partial charge in [0, 0.05) is 0 Å². The normalized spacial score (nSPS) is 26.1. The fourth-order valence-corrected chi connectivity index (χ4v) is 3.12. The summed E-state index contributed by atoms with van der Waals surface area (Å²) in [5.41, 5.74) is 0.858. The Labute approximate surface area is 110 Å². The summed E-state index contributed by atoms with van der Waals surface area (Å²) < 4.78 is 13.8. The van der Waals surface area contributed by atoms with E-state index in [9.17, 15) is 9.50 Å². The molecule has 0 bridgehead atoms. The SMILES string of the molecule is CC1CCC(C(O)Cc2cccc(F)c2Br)C1. The quantitative estimate of drug-likeness (QED) is 0.897. The van der Waals surface area contributed by atoms with E-state index in [-0.39, 0.29) is 11.9 Å². The molecule has 1 aliphatic rings. The number of benzene rings is 1. The molecule has 3 heteroatoms. The van der Waals surface area contributed by atoms with Crippen LogP contribution in [-0.2, 0) is 6.42 Å². The van der Waals surface area contributed by atoms with Crippen LogP contribution < -0.4 is 0 Å². The molecule has 3 unspecified atom stereocenters. The highest BCUT2D eigenvalue weighted by Crippen LogP contribution is 2.34. The van der Waals surface area contributed by atoms with Crippen LogP contribution >= 0.6 is 15.9 Å². The van der Waals surface area contributed by atoms with Crippen LogP contribution in [0.25, 0.3) is 0 Å². The van der Waals surface area contributed by atoms with Crippen molar-refractivity contribution in [3.8, 4) is 0 Å². The summed E-state index contributed by atoms with van der Waals surface area (Å²) in [6, 6.07) is 4.99. The predicted octanol–water partition coefficient (Wildman–Crippen LogP) is 3.93. The fourth-order valence-electron chi connectivity index (χ4n) is 2.70. The fraction of sp³-hybridized carbons (Fsp3) is 0.571. The molecular formula is C14H18BrFO. The van der Waals surface area contributed by atoms with Gasteiger partial charge in [0.05, 0.1) is 10.6 Å². The lowest BCUT2D eigenvalue weighted by molar-refractivity contribution is 0.109. The molecule has 1 aliphatic carbocycles. The van der Waals surface area contributed by atoms with E-state index in [1.807, 2.05) is 6.07 Å². The van der Waals surface area contributed by atoms with Crippen molar-refractivity contribution < 1.29 is 9.50 Å². The van der Waals surface area contributed by atoms with E-state index in [0.717, 1.165) is 18.4 Å². The van der Waals surface area contributed by atoms with Crippen LogP contribution in [0.2, 0.25) is 0 Å². The molecule has 0 aromatic heterocycles. The molecule has 1 saturated carbocycles. The number of rotatable bonds is 3. The van der Waals surface area contributed by atoms with Gasteiger partial charge in [0.2, 0.25) is 0 Å². The smallest absolute Gasteiger partial charge is 0.137 e. The maximum absolute atomic E-state index is 13.3. The Morgan fingerprint density at radius 2 is 2.24 bits per heavy atom. The van der Waals surface area contributed by atoms with Crippen LogP contribution in [0.15, 0.2) is 22.7 Å². The highest BCUT2D eigenvalue weighted by atomic mass is 79.9. The first-order valence-electron chi connectivity index (χ1n) is 6.19. The standard InChI is InChI=1S/C14H18BrFO/c1-9-5-6-10(7-9)13(17)8-11-3-2-4-12(16)14(11)15/h2-4,9-10,13,17H,5-8H2,1H3. The third-order valence-corrected chi connectivity index (χ3v) is 4.63. The molecular weight excluding hydrogens is 283 g/mol. The third-order valence-electron chi connectivity index (χ3n) is 3.74. The zero-order valence-corrected chi connectivity index (χ0v) is 11.6. The zero-order chi connectivity index (χ0) is 12.4. The van der Waals surface area contributed by atoms with Crippen molar-refractivity contribution >= 4 is 15.9 Å². The topological polar surface area (TPSA) is 20.2 Å². The predicted molar refractivity (Wildman–Crippen MR) is 70.3 cm³/mol. The van der Waals surface area contributed by atoms with Crippen LogP contribution in [0.4, 0.5) is 4.39 Å². The van der Waals surface area contributed by atoms with Crippen LogP contribution in [0, 0.1) is 17.7 Å². The van der Waals surface area contributed by atoms with E-state index in [0.29, 0.717) is 22.7 Å². The molecule has 0 radical (unpaired) electrons. The summed E-state index contributed by atoms with van der Waals surface area (Å²) >= 11 is 3.24. The molecule has 0 saturated heterocycles. The maximum atomic E-state index is 13.3. The molecule has 1 aromatic rings. The molecule has 17 heavy (non-hydrogen) atoms. The van der Waals surface area contributed by atoms with Crippen molar-refractivity contribution in [3.63, 3.8) is 0 Å². The molecule has 1 fully saturated rings. The first-order chi connectivity index (χ1) is 8.08. The molecule has 0 aliphatic heterocycles. The number of hydrogen-bond donors (Lipinski definition) is 1. The number of aliphatic hydroxyl groups excluding tert-OH is 1. The average molecular weight is 301 g/mol. The van der Waals surface area contributed by atoms with E-state index >= 15 is 0 Å². The van der Waals surface area contributed by atoms with Gasteiger partial charge in [-0.25, -0.2) is 4.39 Å². The molecule has 1 N–H and O–H groups in total. The van der Waals surface area contributed by atoms with Gasteiger partial charge in [-0.1, -0.05) is 25.5 Å². The van der Waals surface area contributed by atoms with Crippen molar-refractivity contribution in [1.82, 2.24) is 0 Å². The van der Waals surface area contributed by atoms with Gasteiger partial charge in [-0.05, 0) is 58.7 Å². The van der Waals surface area contributed by atoms with Gasteiger partial charge >= 0.3 is 0 Å². The second-order valence-corrected chi connectivity index (χ2v) is 5.96. The van der Waals surface area contributed by atoms with Crippen molar-refractivity contribution in [3.05, 3.63) is 34.1 Å². The second-order valence-electron chi connectivity index (χ2n) is 5.16. The van der Waals surface area contributed by atoms with Crippen molar-refractivity contribution in [2.24, 2.45) is 11.8 Å². The Kier molecular flexibility index (Phi) is 4.21. The van der Waals surface area contributed by atoms with E-state index in [4.69, 9.17) is 0 Å². The first-order valence-corrected chi connectivity index (χ1v) is 6.98. The maximum Gasteiger partial charge on any atom is 0.137 e. The highest BCUT2D eigenvalue weighted by molar-refractivity contribution is 9.10. The minimum Gasteiger partial charge on any atom is -0.392 e. The molecule has 0 amide bonds. The second kappa shape index (κ2) is 5.49. The van der Waals surface area contributed by atoms with E-state index < -0.39 is 0 Å². The van der Waals surface area contributed by atoms with Crippen LogP contribution in [0.1, 0.15) is 31.7 Å². The minimum absolute atomic E-state index is 0.255. The lowest BCUT2D eigenvalue weighted by Gasteiger charge is -2.18. The highest BCUT2D eigenvalue weighted by Gasteiger charge is 2.28. The van der Waals surface area contributed by atoms with Gasteiger partial charge in [-0.3, -0.25) is 0 Å². The van der Waals surface area contributed by atoms with Crippen molar-refractivity contribution in [2.45, 2.75) is 38.7 Å². The third kappa shape index (κ3) is 3.08. The summed E-state index contributed by atoms with van der Waals surface area (Å²) in [5.74, 6) is 0.834. The Morgan fingerprint density at radius 1 is 1.47 bits per heavy atom. The monoisotopic (exact) mass is 300 g/mol. The molecule has 1 nitrogen and oxygen atoms in total. The molecule has 0 heterocycles. The lowest BCUT2D eigenvalue weighted by Crippen LogP contribution is -2.21. The largest absolute Gasteiger partial charge is 0.392 e. The number of hydrogen-bond acceptors (Lipinski definition) is 1. The van der Waals surface area contributed by atoms with E-state index in [1.165, 1.54) is 12.5 Å². The molecule has 0 spiro atoms. The van der Waals surface area contributed by atoms with Gasteiger partial charge in [-0.2, -0.15) is 0 Å². The van der Waals surface area contributed by atoms with Gasteiger partial charge in [0.25, 0.3) is 0 Å². The Hall–Kier alpha value is -0.410. The molecule has 94 valence electrons. The van der Waals surface area contributed by atoms with Crippen molar-refractivity contribution in [2.75, 3.05) is 0 Å². The van der Waals surface area contributed by atoms with Gasteiger partial charge in [0.1, 0.15) is 5.82 Å². The molecule has 2 rings (SSSR count). The summed E-state index contributed by atoms with van der Waals surface area (Å²) in [6.45, 7) is 2.23. The molecule has 1 aromatic carbocycles. The summed E-state index contributed by atoms with van der Waals surface area (Å²) in [4.78, 5) is 0. The molecule has 3 atom stereocenters. The van der Waals surface area contributed by atoms with Gasteiger partial charge in [-0.15, -0.1) is 0 Å². The zero-order valence-electron chi connectivity index (χ0n) is 10.00. The van der Waals surface area contributed by atoms with Gasteiger partial charge in [0.15, 0.2) is 0 Å². The van der Waals surface area contributed by atoms with Gasteiger partial charge < -0.3 is 5.11 Å². The Bertz CT molecular complexity index is 394. The summed E-state index contributed by atoms with van der Waals surface area (Å²) in [6.07, 6.45) is 3.57. The lowest BCUT2D eigenvalue weighted by atomic mass is 9.94. The summed E-state index contributed by atoms with van der Waals surface area (Å²) in [5, 5.41) is 10.2. The number of halogens is 2. The minimum atomic E-state index is -0.349. The van der Waals surface area contributed by atoms with E-state index in [1.54, 1.807) is 6.07 Å². The Balaban J connectivity index is 2.03. The van der Waals surface area contributed by atoms with Crippen LogP contribution in [0.3, 0.4) is 0 Å². The Morgan fingerprint density at radius 3 is 2.88 bits per heavy atom. The van der Waals surface area contributed by atoms with Crippen LogP contribution in [-0.4, -0.2) is 11.2 Å². The average Bonchev–Trinajstić information content (AvgIpc) is 2.72. The number of aliphatic hydroxyl groups is 1. The van der Waals surface area contributed by atoms with Crippen LogP contribution in [0.5, 0.6) is 0 Å². The van der Waals surface area contributed by atoms with E-state index in [2.05, 4.69) is 22.9 Å². The summed E-state index contributed by atoms with van der Waals surface area (Å²) in [7, 11) is 0. The first kappa shape index (κ1) is 13.0.